The molecule has 0 unspecified atom stereocenters. The van der Waals surface area contributed by atoms with E-state index < -0.39 is 15.8 Å². The average molecular weight is 280 g/mol. The molecule has 0 bridgehead atoms. The fourth-order valence-electron chi connectivity index (χ4n) is 0.810. The number of nitrogens with two attached hydrogens (primary N) is 1. The molecule has 0 aliphatic heterocycles. The maximum Gasteiger partial charge on any atom is 0.231 e. The average Bonchev–Trinajstić information content (AvgIpc) is 2.05. The van der Waals surface area contributed by atoms with E-state index in [0.29, 0.717) is 4.47 Å². The highest BCUT2D eigenvalue weighted by atomic mass is 79.9. The van der Waals surface area contributed by atoms with Crippen molar-refractivity contribution in [2.45, 2.75) is 0 Å². The van der Waals surface area contributed by atoms with Gasteiger partial charge in [0.15, 0.2) is 0 Å². The summed E-state index contributed by atoms with van der Waals surface area (Å²) < 4.78 is 34.8. The zero-order chi connectivity index (χ0) is 10.8. The van der Waals surface area contributed by atoms with Crippen LogP contribution in [-0.4, -0.2) is 8.42 Å². The Morgan fingerprint density at radius 1 is 1.43 bits per heavy atom. The molecule has 2 N–H and O–H groups in total. The van der Waals surface area contributed by atoms with Crippen LogP contribution in [0.25, 0.3) is 6.08 Å². The fraction of sp³-hybridized carbons (Fsp3) is 0. The SMILES string of the molecule is NS(=O)(=O)/C=C/c1cc(Br)ccc1F. The van der Waals surface area contributed by atoms with Crippen LogP contribution in [0, 0.1) is 5.82 Å². The van der Waals surface area contributed by atoms with Gasteiger partial charge in [-0.1, -0.05) is 15.9 Å². The summed E-state index contributed by atoms with van der Waals surface area (Å²) >= 11 is 3.14. The molecule has 14 heavy (non-hydrogen) atoms. The van der Waals surface area contributed by atoms with E-state index in [9.17, 15) is 12.8 Å². The van der Waals surface area contributed by atoms with Crippen molar-refractivity contribution in [3.8, 4) is 0 Å². The monoisotopic (exact) mass is 279 g/mol. The number of hydrogen-bond donors (Lipinski definition) is 1. The maximum atomic E-state index is 13.0. The van der Waals surface area contributed by atoms with Crippen molar-refractivity contribution in [3.05, 3.63) is 39.5 Å². The molecule has 0 atom stereocenters. The third kappa shape index (κ3) is 3.57. The smallest absolute Gasteiger partial charge is 0.225 e. The summed E-state index contributed by atoms with van der Waals surface area (Å²) in [7, 11) is -3.71. The molecule has 0 aliphatic rings. The molecule has 0 saturated heterocycles. The number of halogens is 2. The standard InChI is InChI=1S/C8H7BrFNO2S/c9-7-1-2-8(10)6(5-7)3-4-14(11,12)13/h1-5H,(H2,11,12,13)/b4-3+. The summed E-state index contributed by atoms with van der Waals surface area (Å²) in [6.07, 6.45) is 1.11. The highest BCUT2D eigenvalue weighted by Gasteiger charge is 2.00. The molecular formula is C8H7BrFNO2S. The van der Waals surface area contributed by atoms with Crippen molar-refractivity contribution in [2.24, 2.45) is 5.14 Å². The lowest BCUT2D eigenvalue weighted by Crippen LogP contribution is -2.06. The Hall–Kier alpha value is -0.720. The van der Waals surface area contributed by atoms with Gasteiger partial charge >= 0.3 is 0 Å². The summed E-state index contributed by atoms with van der Waals surface area (Å²) in [5.41, 5.74) is 0.161. The molecular weight excluding hydrogens is 273 g/mol. The quantitative estimate of drug-likeness (QED) is 0.898. The van der Waals surface area contributed by atoms with Crippen molar-refractivity contribution in [3.63, 3.8) is 0 Å². The molecule has 1 rings (SSSR count). The second-order valence-corrected chi connectivity index (χ2v) is 4.92. The van der Waals surface area contributed by atoms with Crippen molar-refractivity contribution >= 4 is 32.0 Å². The van der Waals surface area contributed by atoms with Crippen molar-refractivity contribution in [2.75, 3.05) is 0 Å². The van der Waals surface area contributed by atoms with Crippen LogP contribution in [0.5, 0.6) is 0 Å². The maximum absolute atomic E-state index is 13.0. The Bertz CT molecular complexity index is 470. The van der Waals surface area contributed by atoms with Crippen LogP contribution in [0.4, 0.5) is 4.39 Å². The first-order chi connectivity index (χ1) is 6.38. The minimum Gasteiger partial charge on any atom is -0.225 e. The van der Waals surface area contributed by atoms with Gasteiger partial charge in [0, 0.05) is 15.4 Å². The lowest BCUT2D eigenvalue weighted by Gasteiger charge is -1.96. The van der Waals surface area contributed by atoms with Crippen LogP contribution in [0.15, 0.2) is 28.1 Å². The van der Waals surface area contributed by atoms with Gasteiger partial charge in [-0.3, -0.25) is 0 Å². The number of rotatable bonds is 2. The highest BCUT2D eigenvalue weighted by Crippen LogP contribution is 2.16. The molecule has 6 heteroatoms. The first-order valence-electron chi connectivity index (χ1n) is 3.54. The van der Waals surface area contributed by atoms with Gasteiger partial charge < -0.3 is 0 Å². The third-order valence-electron chi connectivity index (χ3n) is 1.40. The lowest BCUT2D eigenvalue weighted by molar-refractivity contribution is 0.606. The summed E-state index contributed by atoms with van der Waals surface area (Å²) in [6, 6.07) is 4.20. The van der Waals surface area contributed by atoms with Crippen molar-refractivity contribution in [1.29, 1.82) is 0 Å². The van der Waals surface area contributed by atoms with Crippen molar-refractivity contribution < 1.29 is 12.8 Å². The first-order valence-corrected chi connectivity index (χ1v) is 5.95. The molecule has 3 nitrogen and oxygen atoms in total. The molecule has 0 aliphatic carbocycles. The molecule has 1 aromatic carbocycles. The van der Waals surface area contributed by atoms with E-state index >= 15 is 0 Å². The van der Waals surface area contributed by atoms with E-state index in [1.165, 1.54) is 18.2 Å². The van der Waals surface area contributed by atoms with Crippen LogP contribution in [0.3, 0.4) is 0 Å². The van der Waals surface area contributed by atoms with Gasteiger partial charge in [-0.25, -0.2) is 17.9 Å². The van der Waals surface area contributed by atoms with Gasteiger partial charge in [0.05, 0.1) is 0 Å². The molecule has 1 aromatic rings. The number of primary sulfonamides is 1. The van der Waals surface area contributed by atoms with E-state index in [4.69, 9.17) is 5.14 Å². The number of hydrogen-bond acceptors (Lipinski definition) is 2. The van der Waals surface area contributed by atoms with Crippen LogP contribution in [0.2, 0.25) is 0 Å². The number of benzene rings is 1. The summed E-state index contributed by atoms with van der Waals surface area (Å²) in [5, 5.41) is 5.47. The Labute approximate surface area is 89.6 Å². The van der Waals surface area contributed by atoms with E-state index in [1.807, 2.05) is 0 Å². The van der Waals surface area contributed by atoms with Crippen LogP contribution in [0.1, 0.15) is 5.56 Å². The summed E-state index contributed by atoms with van der Waals surface area (Å²) in [6.45, 7) is 0. The molecule has 0 radical (unpaired) electrons. The lowest BCUT2D eigenvalue weighted by atomic mass is 10.2. The van der Waals surface area contributed by atoms with Gasteiger partial charge in [-0.2, -0.15) is 0 Å². The topological polar surface area (TPSA) is 60.2 Å². The van der Waals surface area contributed by atoms with Gasteiger partial charge in [0.25, 0.3) is 0 Å². The fourth-order valence-corrected chi connectivity index (χ4v) is 1.53. The molecule has 0 aromatic heterocycles. The highest BCUT2D eigenvalue weighted by molar-refractivity contribution is 9.10. The van der Waals surface area contributed by atoms with Gasteiger partial charge in [0.1, 0.15) is 5.82 Å². The van der Waals surface area contributed by atoms with E-state index in [2.05, 4.69) is 15.9 Å². The van der Waals surface area contributed by atoms with Gasteiger partial charge in [-0.15, -0.1) is 0 Å². The van der Waals surface area contributed by atoms with Gasteiger partial charge in [-0.05, 0) is 24.3 Å². The van der Waals surface area contributed by atoms with E-state index in [0.717, 1.165) is 11.5 Å². The first kappa shape index (κ1) is 11.4. The Kier molecular flexibility index (Phi) is 3.41. The second-order valence-electron chi connectivity index (χ2n) is 2.56. The predicted molar refractivity (Wildman–Crippen MR) is 56.2 cm³/mol. The molecule has 76 valence electrons. The Balaban J connectivity index is 3.09. The van der Waals surface area contributed by atoms with Crippen LogP contribution < -0.4 is 5.14 Å². The molecule has 0 heterocycles. The van der Waals surface area contributed by atoms with Gasteiger partial charge in [0.2, 0.25) is 10.0 Å². The van der Waals surface area contributed by atoms with Crippen LogP contribution in [-0.2, 0) is 10.0 Å². The predicted octanol–water partition coefficient (Wildman–Crippen LogP) is 1.85. The van der Waals surface area contributed by atoms with E-state index in [1.54, 1.807) is 0 Å². The zero-order valence-electron chi connectivity index (χ0n) is 6.94. The van der Waals surface area contributed by atoms with E-state index in [-0.39, 0.29) is 5.56 Å². The molecule has 0 fully saturated rings. The normalized spacial score (nSPS) is 12.2. The largest absolute Gasteiger partial charge is 0.231 e. The Morgan fingerprint density at radius 3 is 2.64 bits per heavy atom. The second kappa shape index (κ2) is 4.20. The molecule has 0 saturated carbocycles. The Morgan fingerprint density at radius 2 is 2.07 bits per heavy atom. The number of sulfonamides is 1. The summed E-state index contributed by atoms with van der Waals surface area (Å²) in [5.74, 6) is -0.506. The van der Waals surface area contributed by atoms with Crippen LogP contribution >= 0.6 is 15.9 Å². The third-order valence-corrected chi connectivity index (χ3v) is 2.40. The zero-order valence-corrected chi connectivity index (χ0v) is 9.35. The molecule has 0 spiro atoms. The molecule has 0 amide bonds. The minimum atomic E-state index is -3.71. The van der Waals surface area contributed by atoms with Crippen molar-refractivity contribution in [1.82, 2.24) is 0 Å². The summed E-state index contributed by atoms with van der Waals surface area (Å²) in [4.78, 5) is 0. The minimum absolute atomic E-state index is 0.161.